The summed E-state index contributed by atoms with van der Waals surface area (Å²) >= 11 is 0. The van der Waals surface area contributed by atoms with E-state index in [4.69, 9.17) is 0 Å². The normalized spacial score (nSPS) is 16.9. The monoisotopic (exact) mass is 277 g/mol. The molecule has 1 aliphatic heterocycles. The van der Waals surface area contributed by atoms with Crippen LogP contribution in [0.3, 0.4) is 0 Å². The van der Waals surface area contributed by atoms with Crippen molar-refractivity contribution in [3.8, 4) is 0 Å². The SMILES string of the molecule is CN(C)c1ccc(CC(O)C(=O)N2CCNCC2)cc1. The molecule has 1 aromatic rings. The Morgan fingerprint density at radius 1 is 1.30 bits per heavy atom. The highest BCUT2D eigenvalue weighted by atomic mass is 16.3. The van der Waals surface area contributed by atoms with E-state index in [2.05, 4.69) is 5.32 Å². The second-order valence-electron chi connectivity index (χ2n) is 5.36. The molecule has 1 heterocycles. The second-order valence-corrected chi connectivity index (χ2v) is 5.36. The average molecular weight is 277 g/mol. The largest absolute Gasteiger partial charge is 0.383 e. The minimum atomic E-state index is -0.946. The van der Waals surface area contributed by atoms with Gasteiger partial charge in [0.2, 0.25) is 0 Å². The molecule has 0 bridgehead atoms. The second kappa shape index (κ2) is 6.72. The third-order valence-electron chi connectivity index (χ3n) is 3.60. The molecule has 1 atom stereocenters. The minimum absolute atomic E-state index is 0.164. The quantitative estimate of drug-likeness (QED) is 0.819. The first-order valence-corrected chi connectivity index (χ1v) is 7.02. The van der Waals surface area contributed by atoms with E-state index in [9.17, 15) is 9.90 Å². The lowest BCUT2D eigenvalue weighted by Crippen LogP contribution is -2.50. The maximum Gasteiger partial charge on any atom is 0.251 e. The van der Waals surface area contributed by atoms with Crippen molar-refractivity contribution in [2.75, 3.05) is 45.2 Å². The van der Waals surface area contributed by atoms with Gasteiger partial charge < -0.3 is 20.2 Å². The lowest BCUT2D eigenvalue weighted by atomic mass is 10.1. The summed E-state index contributed by atoms with van der Waals surface area (Å²) in [5.41, 5.74) is 2.09. The zero-order valence-corrected chi connectivity index (χ0v) is 12.2. The number of benzene rings is 1. The van der Waals surface area contributed by atoms with Gasteiger partial charge in [-0.2, -0.15) is 0 Å². The van der Waals surface area contributed by atoms with Gasteiger partial charge in [0.05, 0.1) is 0 Å². The van der Waals surface area contributed by atoms with Gasteiger partial charge in [0.25, 0.3) is 5.91 Å². The topological polar surface area (TPSA) is 55.8 Å². The first kappa shape index (κ1) is 14.8. The number of anilines is 1. The number of carbonyl (C=O) groups is 1. The molecule has 20 heavy (non-hydrogen) atoms. The molecule has 2 N–H and O–H groups in total. The van der Waals surface area contributed by atoms with Crippen LogP contribution in [0.5, 0.6) is 0 Å². The first-order chi connectivity index (χ1) is 9.58. The summed E-state index contributed by atoms with van der Waals surface area (Å²) in [6.07, 6.45) is -0.575. The van der Waals surface area contributed by atoms with Crippen LogP contribution in [0.25, 0.3) is 0 Å². The van der Waals surface area contributed by atoms with Gasteiger partial charge in [-0.05, 0) is 17.7 Å². The van der Waals surface area contributed by atoms with E-state index in [1.54, 1.807) is 4.90 Å². The molecule has 1 amide bonds. The first-order valence-electron chi connectivity index (χ1n) is 7.02. The number of piperazine rings is 1. The minimum Gasteiger partial charge on any atom is -0.383 e. The van der Waals surface area contributed by atoms with Crippen LogP contribution >= 0.6 is 0 Å². The van der Waals surface area contributed by atoms with Crippen molar-refractivity contribution in [3.63, 3.8) is 0 Å². The lowest BCUT2D eigenvalue weighted by Gasteiger charge is -2.29. The van der Waals surface area contributed by atoms with Crippen LogP contribution in [0.1, 0.15) is 5.56 Å². The number of nitrogens with zero attached hydrogens (tertiary/aromatic N) is 2. The van der Waals surface area contributed by atoms with Gasteiger partial charge >= 0.3 is 0 Å². The molecule has 0 spiro atoms. The number of hydrogen-bond acceptors (Lipinski definition) is 4. The zero-order valence-electron chi connectivity index (χ0n) is 12.2. The van der Waals surface area contributed by atoms with Crippen LogP contribution in [-0.4, -0.2) is 62.3 Å². The van der Waals surface area contributed by atoms with Gasteiger partial charge in [-0.3, -0.25) is 4.79 Å². The van der Waals surface area contributed by atoms with Gasteiger partial charge in [0, 0.05) is 52.4 Å². The Labute approximate surface area is 120 Å². The number of amides is 1. The Morgan fingerprint density at radius 2 is 1.90 bits per heavy atom. The molecule has 5 nitrogen and oxygen atoms in total. The Balaban J connectivity index is 1.92. The molecule has 0 aliphatic carbocycles. The summed E-state index contributed by atoms with van der Waals surface area (Å²) in [6, 6.07) is 7.92. The summed E-state index contributed by atoms with van der Waals surface area (Å²) in [5.74, 6) is -0.164. The average Bonchev–Trinajstić information content (AvgIpc) is 2.48. The van der Waals surface area contributed by atoms with E-state index < -0.39 is 6.10 Å². The highest BCUT2D eigenvalue weighted by Crippen LogP contribution is 2.14. The van der Waals surface area contributed by atoms with E-state index in [0.29, 0.717) is 19.5 Å². The highest BCUT2D eigenvalue weighted by Gasteiger charge is 2.23. The molecular weight excluding hydrogens is 254 g/mol. The van der Waals surface area contributed by atoms with Crippen LogP contribution in [0.4, 0.5) is 5.69 Å². The van der Waals surface area contributed by atoms with Crippen molar-refractivity contribution in [1.29, 1.82) is 0 Å². The number of hydrogen-bond donors (Lipinski definition) is 2. The van der Waals surface area contributed by atoms with Crippen LogP contribution in [-0.2, 0) is 11.2 Å². The van der Waals surface area contributed by atoms with Gasteiger partial charge in [-0.25, -0.2) is 0 Å². The Kier molecular flexibility index (Phi) is 4.98. The summed E-state index contributed by atoms with van der Waals surface area (Å²) in [4.78, 5) is 15.9. The molecule has 0 saturated carbocycles. The van der Waals surface area contributed by atoms with E-state index in [0.717, 1.165) is 24.3 Å². The maximum atomic E-state index is 12.1. The summed E-state index contributed by atoms with van der Waals surface area (Å²) in [5, 5.41) is 13.3. The predicted molar refractivity (Wildman–Crippen MR) is 79.9 cm³/mol. The van der Waals surface area contributed by atoms with Crippen molar-refractivity contribution < 1.29 is 9.90 Å². The number of aliphatic hydroxyl groups is 1. The van der Waals surface area contributed by atoms with Crippen molar-refractivity contribution in [1.82, 2.24) is 10.2 Å². The summed E-state index contributed by atoms with van der Waals surface area (Å²) in [6.45, 7) is 2.96. The molecule has 1 fully saturated rings. The Morgan fingerprint density at radius 3 is 2.45 bits per heavy atom. The molecule has 1 saturated heterocycles. The van der Waals surface area contributed by atoms with E-state index >= 15 is 0 Å². The third kappa shape index (κ3) is 3.71. The van der Waals surface area contributed by atoms with Crippen molar-refractivity contribution >= 4 is 11.6 Å². The Hall–Kier alpha value is -1.59. The van der Waals surface area contributed by atoms with Crippen molar-refractivity contribution in [3.05, 3.63) is 29.8 Å². The van der Waals surface area contributed by atoms with Crippen LogP contribution in [0.15, 0.2) is 24.3 Å². The standard InChI is InChI=1S/C15H23N3O2/c1-17(2)13-5-3-12(4-6-13)11-14(19)15(20)18-9-7-16-8-10-18/h3-6,14,16,19H,7-11H2,1-2H3. The fraction of sp³-hybridized carbons (Fsp3) is 0.533. The van der Waals surface area contributed by atoms with Gasteiger partial charge in [-0.15, -0.1) is 0 Å². The molecule has 1 unspecified atom stereocenters. The maximum absolute atomic E-state index is 12.1. The molecule has 5 heteroatoms. The molecule has 2 rings (SSSR count). The van der Waals surface area contributed by atoms with Crippen LogP contribution in [0, 0.1) is 0 Å². The summed E-state index contributed by atoms with van der Waals surface area (Å²) < 4.78 is 0. The molecular formula is C15H23N3O2. The van der Waals surface area contributed by atoms with Gasteiger partial charge in [-0.1, -0.05) is 12.1 Å². The fourth-order valence-electron chi connectivity index (χ4n) is 2.34. The van der Waals surface area contributed by atoms with Crippen LogP contribution < -0.4 is 10.2 Å². The van der Waals surface area contributed by atoms with E-state index in [-0.39, 0.29) is 5.91 Å². The number of rotatable bonds is 4. The zero-order chi connectivity index (χ0) is 14.5. The molecule has 1 aromatic carbocycles. The lowest BCUT2D eigenvalue weighted by molar-refractivity contribution is -0.140. The van der Waals surface area contributed by atoms with Crippen molar-refractivity contribution in [2.45, 2.75) is 12.5 Å². The molecule has 110 valence electrons. The fourth-order valence-corrected chi connectivity index (χ4v) is 2.34. The highest BCUT2D eigenvalue weighted by molar-refractivity contribution is 5.81. The van der Waals surface area contributed by atoms with E-state index in [1.807, 2.05) is 43.3 Å². The Bertz CT molecular complexity index is 439. The van der Waals surface area contributed by atoms with Gasteiger partial charge in [0.1, 0.15) is 6.10 Å². The van der Waals surface area contributed by atoms with Crippen molar-refractivity contribution in [2.24, 2.45) is 0 Å². The predicted octanol–water partition coefficient (Wildman–Crippen LogP) is 0.0878. The molecule has 0 radical (unpaired) electrons. The van der Waals surface area contributed by atoms with E-state index in [1.165, 1.54) is 0 Å². The number of aliphatic hydroxyl groups excluding tert-OH is 1. The summed E-state index contributed by atoms with van der Waals surface area (Å²) in [7, 11) is 3.97. The molecule has 0 aromatic heterocycles. The smallest absolute Gasteiger partial charge is 0.251 e. The van der Waals surface area contributed by atoms with Crippen LogP contribution in [0.2, 0.25) is 0 Å². The third-order valence-corrected chi connectivity index (χ3v) is 3.60. The number of nitrogens with one attached hydrogen (secondary N) is 1. The molecule has 1 aliphatic rings. The number of carbonyl (C=O) groups excluding carboxylic acids is 1. The van der Waals surface area contributed by atoms with Gasteiger partial charge in [0.15, 0.2) is 0 Å².